The minimum atomic E-state index is 0.450. The van der Waals surface area contributed by atoms with Crippen LogP contribution in [-0.4, -0.2) is 29.5 Å². The summed E-state index contributed by atoms with van der Waals surface area (Å²) in [7, 11) is 0. The summed E-state index contributed by atoms with van der Waals surface area (Å²) in [4.78, 5) is 6.94. The molecule has 2 heterocycles. The van der Waals surface area contributed by atoms with Crippen molar-refractivity contribution < 1.29 is 0 Å². The van der Waals surface area contributed by atoms with E-state index in [9.17, 15) is 0 Å². The van der Waals surface area contributed by atoms with Gasteiger partial charge in [0.25, 0.3) is 0 Å². The summed E-state index contributed by atoms with van der Waals surface area (Å²) in [5, 5.41) is 3.50. The molecule has 1 atom stereocenters. The Kier molecular flexibility index (Phi) is 4.09. The van der Waals surface area contributed by atoms with E-state index >= 15 is 0 Å². The lowest BCUT2D eigenvalue weighted by Crippen LogP contribution is -2.45. The van der Waals surface area contributed by atoms with Crippen molar-refractivity contribution in [1.29, 1.82) is 0 Å². The van der Waals surface area contributed by atoms with Crippen molar-refractivity contribution in [2.75, 3.05) is 19.6 Å². The number of benzene rings is 1. The zero-order chi connectivity index (χ0) is 13.8. The first kappa shape index (κ1) is 13.3. The van der Waals surface area contributed by atoms with Crippen LogP contribution in [0, 0.1) is 6.92 Å². The van der Waals surface area contributed by atoms with E-state index in [1.54, 1.807) is 0 Å². The van der Waals surface area contributed by atoms with Crippen LogP contribution in [-0.2, 0) is 6.54 Å². The van der Waals surface area contributed by atoms with E-state index in [0.717, 1.165) is 31.9 Å². The van der Waals surface area contributed by atoms with Crippen molar-refractivity contribution in [2.24, 2.45) is 0 Å². The van der Waals surface area contributed by atoms with E-state index < -0.39 is 0 Å². The molecule has 1 aromatic heterocycles. The monoisotopic (exact) mass is 267 g/mol. The number of aryl methyl sites for hydroxylation is 1. The first-order chi connectivity index (χ1) is 9.83. The van der Waals surface area contributed by atoms with Gasteiger partial charge < -0.3 is 5.32 Å². The number of rotatable bonds is 3. The number of nitrogens with one attached hydrogen (secondary N) is 1. The normalized spacial score (nSPS) is 19.9. The topological polar surface area (TPSA) is 28.2 Å². The van der Waals surface area contributed by atoms with Gasteiger partial charge in [-0.15, -0.1) is 0 Å². The quantitative estimate of drug-likeness (QED) is 0.926. The van der Waals surface area contributed by atoms with Crippen molar-refractivity contribution in [2.45, 2.75) is 19.5 Å². The van der Waals surface area contributed by atoms with Crippen LogP contribution >= 0.6 is 0 Å². The highest BCUT2D eigenvalue weighted by molar-refractivity contribution is 5.21. The zero-order valence-corrected chi connectivity index (χ0v) is 11.9. The summed E-state index contributed by atoms with van der Waals surface area (Å²) in [6, 6.07) is 15.5. The van der Waals surface area contributed by atoms with Gasteiger partial charge in [-0.1, -0.05) is 36.4 Å². The summed E-state index contributed by atoms with van der Waals surface area (Å²) in [5.41, 5.74) is 3.76. The molecule has 0 amide bonds. The van der Waals surface area contributed by atoms with E-state index in [1.807, 2.05) is 13.1 Å². The van der Waals surface area contributed by atoms with Crippen molar-refractivity contribution in [3.8, 4) is 0 Å². The fourth-order valence-corrected chi connectivity index (χ4v) is 2.77. The number of hydrogen-bond donors (Lipinski definition) is 1. The molecule has 104 valence electrons. The Morgan fingerprint density at radius 1 is 1.20 bits per heavy atom. The minimum absolute atomic E-state index is 0.450. The van der Waals surface area contributed by atoms with Crippen LogP contribution in [0.4, 0.5) is 0 Å². The summed E-state index contributed by atoms with van der Waals surface area (Å²) >= 11 is 0. The molecule has 1 fully saturated rings. The Hall–Kier alpha value is -1.71. The summed E-state index contributed by atoms with van der Waals surface area (Å²) in [5.74, 6) is 0. The van der Waals surface area contributed by atoms with E-state index in [2.05, 4.69) is 57.7 Å². The van der Waals surface area contributed by atoms with Crippen LogP contribution in [0.2, 0.25) is 0 Å². The zero-order valence-electron chi connectivity index (χ0n) is 11.9. The molecule has 1 aromatic carbocycles. The molecule has 20 heavy (non-hydrogen) atoms. The van der Waals surface area contributed by atoms with E-state index in [-0.39, 0.29) is 0 Å². The molecule has 3 rings (SSSR count). The van der Waals surface area contributed by atoms with Crippen LogP contribution in [0.3, 0.4) is 0 Å². The van der Waals surface area contributed by atoms with Crippen molar-refractivity contribution in [3.05, 3.63) is 65.5 Å². The minimum Gasteiger partial charge on any atom is -0.314 e. The molecular formula is C17H21N3. The Labute approximate surface area is 120 Å². The highest BCUT2D eigenvalue weighted by atomic mass is 15.2. The van der Waals surface area contributed by atoms with E-state index in [0.29, 0.717) is 6.04 Å². The average Bonchev–Trinajstić information content (AvgIpc) is 2.51. The molecule has 1 aliphatic rings. The smallest absolute Gasteiger partial charge is 0.0476 e. The highest BCUT2D eigenvalue weighted by Crippen LogP contribution is 2.23. The molecular weight excluding hydrogens is 246 g/mol. The highest BCUT2D eigenvalue weighted by Gasteiger charge is 2.23. The fourth-order valence-electron chi connectivity index (χ4n) is 2.77. The van der Waals surface area contributed by atoms with Gasteiger partial charge in [-0.25, -0.2) is 0 Å². The molecule has 3 nitrogen and oxygen atoms in total. The lowest BCUT2D eigenvalue weighted by atomic mass is 10.0. The number of hydrogen-bond acceptors (Lipinski definition) is 3. The van der Waals surface area contributed by atoms with Crippen molar-refractivity contribution in [3.63, 3.8) is 0 Å². The molecule has 1 saturated heterocycles. The Morgan fingerprint density at radius 2 is 2.05 bits per heavy atom. The van der Waals surface area contributed by atoms with Crippen LogP contribution in [0.1, 0.15) is 22.9 Å². The predicted octanol–water partition coefficient (Wildman–Crippen LogP) is 2.54. The molecule has 2 aromatic rings. The molecule has 1 aliphatic heterocycles. The first-order valence-corrected chi connectivity index (χ1v) is 7.24. The second-order valence-electron chi connectivity index (χ2n) is 5.41. The summed E-state index contributed by atoms with van der Waals surface area (Å²) in [6.45, 7) is 6.15. The van der Waals surface area contributed by atoms with Gasteiger partial charge in [0, 0.05) is 44.1 Å². The Balaban J connectivity index is 1.77. The number of pyridine rings is 1. The van der Waals surface area contributed by atoms with Crippen LogP contribution < -0.4 is 5.32 Å². The molecule has 0 aliphatic carbocycles. The average molecular weight is 267 g/mol. The summed E-state index contributed by atoms with van der Waals surface area (Å²) in [6.07, 6.45) is 2.00. The SMILES string of the molecule is Cc1ccc(CN2CCNC[C@H]2c2ccccc2)cn1. The summed E-state index contributed by atoms with van der Waals surface area (Å²) < 4.78 is 0. The van der Waals surface area contributed by atoms with Gasteiger partial charge in [-0.3, -0.25) is 9.88 Å². The molecule has 1 N–H and O–H groups in total. The maximum Gasteiger partial charge on any atom is 0.0476 e. The maximum absolute atomic E-state index is 4.40. The first-order valence-electron chi connectivity index (χ1n) is 7.24. The van der Waals surface area contributed by atoms with Crippen molar-refractivity contribution >= 4 is 0 Å². The lowest BCUT2D eigenvalue weighted by molar-refractivity contribution is 0.153. The second-order valence-corrected chi connectivity index (χ2v) is 5.41. The molecule has 0 spiro atoms. The third-order valence-corrected chi connectivity index (χ3v) is 3.90. The standard InChI is InChI=1S/C17H21N3/c1-14-7-8-15(11-19-14)13-20-10-9-18-12-17(20)16-5-3-2-4-6-16/h2-8,11,17-18H,9-10,12-13H2,1H3/t17-/m0/s1. The van der Waals surface area contributed by atoms with Crippen molar-refractivity contribution in [1.82, 2.24) is 15.2 Å². The Bertz CT molecular complexity index is 536. The lowest BCUT2D eigenvalue weighted by Gasteiger charge is -2.36. The van der Waals surface area contributed by atoms with Gasteiger partial charge >= 0.3 is 0 Å². The Morgan fingerprint density at radius 3 is 2.80 bits per heavy atom. The molecule has 3 heteroatoms. The van der Waals surface area contributed by atoms with Gasteiger partial charge in [-0.05, 0) is 24.1 Å². The fraction of sp³-hybridized carbons (Fsp3) is 0.353. The molecule has 0 unspecified atom stereocenters. The largest absolute Gasteiger partial charge is 0.314 e. The number of piperazine rings is 1. The van der Waals surface area contributed by atoms with E-state index in [4.69, 9.17) is 0 Å². The van der Waals surface area contributed by atoms with Gasteiger partial charge in [0.1, 0.15) is 0 Å². The van der Waals surface area contributed by atoms with Gasteiger partial charge in [0.05, 0.1) is 0 Å². The van der Waals surface area contributed by atoms with Gasteiger partial charge in [0.15, 0.2) is 0 Å². The molecule has 0 bridgehead atoms. The van der Waals surface area contributed by atoms with Crippen LogP contribution in [0.15, 0.2) is 48.7 Å². The molecule has 0 saturated carbocycles. The number of nitrogens with zero attached hydrogens (tertiary/aromatic N) is 2. The molecule has 0 radical (unpaired) electrons. The van der Waals surface area contributed by atoms with Gasteiger partial charge in [0.2, 0.25) is 0 Å². The van der Waals surface area contributed by atoms with Crippen LogP contribution in [0.5, 0.6) is 0 Å². The van der Waals surface area contributed by atoms with Crippen LogP contribution in [0.25, 0.3) is 0 Å². The number of aromatic nitrogens is 1. The third-order valence-electron chi connectivity index (χ3n) is 3.90. The maximum atomic E-state index is 4.40. The third kappa shape index (κ3) is 3.06. The predicted molar refractivity (Wildman–Crippen MR) is 81.4 cm³/mol. The van der Waals surface area contributed by atoms with Gasteiger partial charge in [-0.2, -0.15) is 0 Å². The van der Waals surface area contributed by atoms with E-state index in [1.165, 1.54) is 11.1 Å². The second kappa shape index (κ2) is 6.16.